The molecular formula is C20H19N3O4. The van der Waals surface area contributed by atoms with E-state index in [4.69, 9.17) is 0 Å². The van der Waals surface area contributed by atoms with Crippen LogP contribution in [0.25, 0.3) is 0 Å². The molecule has 138 valence electrons. The van der Waals surface area contributed by atoms with Crippen molar-refractivity contribution in [3.63, 3.8) is 0 Å². The lowest BCUT2D eigenvalue weighted by Gasteiger charge is -2.18. The predicted octanol–water partition coefficient (Wildman–Crippen LogP) is 3.45. The first-order chi connectivity index (χ1) is 13.0. The van der Waals surface area contributed by atoms with Crippen LogP contribution in [-0.4, -0.2) is 23.3 Å². The van der Waals surface area contributed by atoms with E-state index in [-0.39, 0.29) is 23.1 Å². The lowest BCUT2D eigenvalue weighted by Crippen LogP contribution is -2.30. The maximum absolute atomic E-state index is 12.6. The van der Waals surface area contributed by atoms with Crippen LogP contribution in [0.1, 0.15) is 34.3 Å². The SMILES string of the molecule is Cc1c(C(=O)Nc2ccc3c(c2)N(C(=O)C2CC2)CC3)cccc1[N+](=O)[O-]. The number of amides is 2. The molecule has 1 N–H and O–H groups in total. The summed E-state index contributed by atoms with van der Waals surface area (Å²) < 4.78 is 0. The molecule has 4 rings (SSSR count). The molecule has 1 heterocycles. The number of fused-ring (bicyclic) bond motifs is 1. The second-order valence-electron chi connectivity index (χ2n) is 7.02. The largest absolute Gasteiger partial charge is 0.322 e. The van der Waals surface area contributed by atoms with Crippen molar-refractivity contribution >= 4 is 28.9 Å². The Bertz CT molecular complexity index is 966. The normalized spacial score (nSPS) is 15.4. The molecule has 1 aliphatic carbocycles. The zero-order valence-corrected chi connectivity index (χ0v) is 14.9. The molecule has 1 fully saturated rings. The highest BCUT2D eigenvalue weighted by atomic mass is 16.6. The minimum Gasteiger partial charge on any atom is -0.322 e. The van der Waals surface area contributed by atoms with Gasteiger partial charge in [0.25, 0.3) is 11.6 Å². The van der Waals surface area contributed by atoms with E-state index in [0.717, 1.165) is 30.5 Å². The van der Waals surface area contributed by atoms with Gasteiger partial charge in [-0.25, -0.2) is 0 Å². The quantitative estimate of drug-likeness (QED) is 0.663. The summed E-state index contributed by atoms with van der Waals surface area (Å²) in [6.07, 6.45) is 2.71. The fourth-order valence-corrected chi connectivity index (χ4v) is 3.50. The third kappa shape index (κ3) is 3.16. The van der Waals surface area contributed by atoms with Crippen LogP contribution < -0.4 is 10.2 Å². The number of rotatable bonds is 4. The fourth-order valence-electron chi connectivity index (χ4n) is 3.50. The Kier molecular flexibility index (Phi) is 4.14. The minimum atomic E-state index is -0.497. The highest BCUT2D eigenvalue weighted by Gasteiger charge is 2.36. The van der Waals surface area contributed by atoms with Crippen LogP contribution in [-0.2, 0) is 11.2 Å². The van der Waals surface area contributed by atoms with Gasteiger partial charge < -0.3 is 10.2 Å². The highest BCUT2D eigenvalue weighted by molar-refractivity contribution is 6.06. The van der Waals surface area contributed by atoms with E-state index >= 15 is 0 Å². The monoisotopic (exact) mass is 365 g/mol. The number of anilines is 2. The van der Waals surface area contributed by atoms with Crippen LogP contribution in [0.15, 0.2) is 36.4 Å². The van der Waals surface area contributed by atoms with Crippen LogP contribution >= 0.6 is 0 Å². The molecule has 2 amide bonds. The summed E-state index contributed by atoms with van der Waals surface area (Å²) in [6.45, 7) is 2.23. The second kappa shape index (κ2) is 6.50. The van der Waals surface area contributed by atoms with Gasteiger partial charge in [0.1, 0.15) is 0 Å². The molecule has 7 heteroatoms. The number of nitro groups is 1. The van der Waals surface area contributed by atoms with Crippen molar-refractivity contribution in [2.45, 2.75) is 26.2 Å². The Morgan fingerprint density at radius 3 is 2.70 bits per heavy atom. The summed E-state index contributed by atoms with van der Waals surface area (Å²) in [6, 6.07) is 9.97. The number of hydrogen-bond acceptors (Lipinski definition) is 4. The molecule has 0 bridgehead atoms. The number of carbonyl (C=O) groups is 2. The Labute approximate surface area is 156 Å². The predicted molar refractivity (Wildman–Crippen MR) is 101 cm³/mol. The van der Waals surface area contributed by atoms with Crippen LogP contribution in [0.5, 0.6) is 0 Å². The van der Waals surface area contributed by atoms with Gasteiger partial charge in [0, 0.05) is 41.0 Å². The lowest BCUT2D eigenvalue weighted by atomic mass is 10.1. The number of carbonyl (C=O) groups excluding carboxylic acids is 2. The molecule has 0 saturated heterocycles. The highest BCUT2D eigenvalue weighted by Crippen LogP contribution is 2.37. The number of hydrogen-bond donors (Lipinski definition) is 1. The molecule has 2 aliphatic rings. The maximum Gasteiger partial charge on any atom is 0.273 e. The molecule has 2 aromatic rings. The van der Waals surface area contributed by atoms with E-state index < -0.39 is 10.8 Å². The molecular weight excluding hydrogens is 346 g/mol. The molecule has 0 atom stereocenters. The number of benzene rings is 2. The molecule has 1 aliphatic heterocycles. The summed E-state index contributed by atoms with van der Waals surface area (Å²) in [5, 5.41) is 13.9. The van der Waals surface area contributed by atoms with Gasteiger partial charge in [-0.15, -0.1) is 0 Å². The molecule has 0 unspecified atom stereocenters. The summed E-state index contributed by atoms with van der Waals surface area (Å²) in [5.41, 5.74) is 3.01. The number of nitrogens with one attached hydrogen (secondary N) is 1. The zero-order valence-electron chi connectivity index (χ0n) is 14.9. The van der Waals surface area contributed by atoms with E-state index in [1.807, 2.05) is 12.1 Å². The summed E-state index contributed by atoms with van der Waals surface area (Å²) in [4.78, 5) is 37.5. The van der Waals surface area contributed by atoms with E-state index in [2.05, 4.69) is 5.32 Å². The van der Waals surface area contributed by atoms with Gasteiger partial charge in [-0.1, -0.05) is 12.1 Å². The van der Waals surface area contributed by atoms with Gasteiger partial charge in [0.05, 0.1) is 4.92 Å². The Morgan fingerprint density at radius 1 is 1.22 bits per heavy atom. The van der Waals surface area contributed by atoms with Gasteiger partial charge in [-0.2, -0.15) is 0 Å². The minimum absolute atomic E-state index is 0.0854. The second-order valence-corrected chi connectivity index (χ2v) is 7.02. The number of nitro benzene ring substituents is 1. The van der Waals surface area contributed by atoms with Gasteiger partial charge in [-0.3, -0.25) is 19.7 Å². The van der Waals surface area contributed by atoms with Gasteiger partial charge in [-0.05, 0) is 49.9 Å². The first kappa shape index (κ1) is 17.2. The molecule has 2 aromatic carbocycles. The summed E-state index contributed by atoms with van der Waals surface area (Å²) in [5.74, 6) is -0.109. The van der Waals surface area contributed by atoms with Crippen molar-refractivity contribution < 1.29 is 14.5 Å². The van der Waals surface area contributed by atoms with Gasteiger partial charge >= 0.3 is 0 Å². The van der Waals surface area contributed by atoms with Crippen molar-refractivity contribution in [1.29, 1.82) is 0 Å². The first-order valence-electron chi connectivity index (χ1n) is 8.95. The molecule has 0 radical (unpaired) electrons. The molecule has 27 heavy (non-hydrogen) atoms. The van der Waals surface area contributed by atoms with Crippen molar-refractivity contribution in [2.24, 2.45) is 5.92 Å². The smallest absolute Gasteiger partial charge is 0.273 e. The van der Waals surface area contributed by atoms with Crippen LogP contribution in [0.2, 0.25) is 0 Å². The van der Waals surface area contributed by atoms with Crippen molar-refractivity contribution in [2.75, 3.05) is 16.8 Å². The average molecular weight is 365 g/mol. The van der Waals surface area contributed by atoms with Crippen LogP contribution in [0, 0.1) is 23.0 Å². The average Bonchev–Trinajstić information content (AvgIpc) is 3.41. The van der Waals surface area contributed by atoms with Crippen molar-refractivity contribution in [3.8, 4) is 0 Å². The third-order valence-corrected chi connectivity index (χ3v) is 5.18. The summed E-state index contributed by atoms with van der Waals surface area (Å²) in [7, 11) is 0. The molecule has 7 nitrogen and oxygen atoms in total. The summed E-state index contributed by atoms with van der Waals surface area (Å²) >= 11 is 0. The van der Waals surface area contributed by atoms with E-state index in [1.165, 1.54) is 12.1 Å². The maximum atomic E-state index is 12.6. The van der Waals surface area contributed by atoms with Gasteiger partial charge in [0.2, 0.25) is 5.91 Å². The molecule has 0 aromatic heterocycles. The Morgan fingerprint density at radius 2 is 2.00 bits per heavy atom. The Balaban J connectivity index is 1.58. The first-order valence-corrected chi connectivity index (χ1v) is 8.95. The van der Waals surface area contributed by atoms with E-state index in [9.17, 15) is 19.7 Å². The van der Waals surface area contributed by atoms with E-state index in [1.54, 1.807) is 24.0 Å². The van der Waals surface area contributed by atoms with Crippen molar-refractivity contribution in [1.82, 2.24) is 0 Å². The standard InChI is InChI=1S/C20H19N3O4/c1-12-16(3-2-4-17(12)23(26)27)19(24)21-15-8-7-13-9-10-22(18(13)11-15)20(25)14-5-6-14/h2-4,7-8,11,14H,5-6,9-10H2,1H3,(H,21,24). The van der Waals surface area contributed by atoms with Crippen LogP contribution in [0.4, 0.5) is 17.1 Å². The fraction of sp³-hybridized carbons (Fsp3) is 0.300. The third-order valence-electron chi connectivity index (χ3n) is 5.18. The molecule has 1 saturated carbocycles. The molecule has 0 spiro atoms. The van der Waals surface area contributed by atoms with Crippen LogP contribution in [0.3, 0.4) is 0 Å². The lowest BCUT2D eigenvalue weighted by molar-refractivity contribution is -0.385. The topological polar surface area (TPSA) is 92.6 Å². The van der Waals surface area contributed by atoms with Gasteiger partial charge in [0.15, 0.2) is 0 Å². The Hall–Kier alpha value is -3.22. The van der Waals surface area contributed by atoms with Crippen molar-refractivity contribution in [3.05, 3.63) is 63.2 Å². The van der Waals surface area contributed by atoms with E-state index in [0.29, 0.717) is 17.8 Å². The number of nitrogens with zero attached hydrogens (tertiary/aromatic N) is 2. The zero-order chi connectivity index (χ0) is 19.1.